The average Bonchev–Trinajstić information content (AvgIpc) is 3.22. The van der Waals surface area contributed by atoms with E-state index in [0.717, 1.165) is 25.7 Å². The molecule has 0 bridgehead atoms. The van der Waals surface area contributed by atoms with Gasteiger partial charge < -0.3 is 15.5 Å². The molecule has 0 fully saturated rings. The number of carbonyl (C=O) groups is 1. The Kier molecular flexibility index (Phi) is 48.3. The van der Waals surface area contributed by atoms with Crippen LogP contribution in [0.4, 0.5) is 0 Å². The molecule has 2 unspecified atom stereocenters. The summed E-state index contributed by atoms with van der Waals surface area (Å²) < 4.78 is 0. The van der Waals surface area contributed by atoms with Crippen molar-refractivity contribution in [3.8, 4) is 0 Å². The number of hydrogen-bond acceptors (Lipinski definition) is 3. The van der Waals surface area contributed by atoms with E-state index >= 15 is 0 Å². The molecule has 0 rings (SSSR count). The fourth-order valence-corrected chi connectivity index (χ4v) is 8.18. The number of aliphatic hydroxyl groups excluding tert-OH is 2. The smallest absolute Gasteiger partial charge is 0.220 e. The van der Waals surface area contributed by atoms with E-state index in [4.69, 9.17) is 0 Å². The number of aliphatic hydroxyl groups is 2. The second-order valence-corrected chi connectivity index (χ2v) is 17.9. The van der Waals surface area contributed by atoms with Gasteiger partial charge in [-0.25, -0.2) is 0 Å². The van der Waals surface area contributed by atoms with Gasteiger partial charge in [0, 0.05) is 6.42 Å². The van der Waals surface area contributed by atoms with Gasteiger partial charge in [0.15, 0.2) is 0 Å². The topological polar surface area (TPSA) is 69.6 Å². The molecule has 0 aliphatic carbocycles. The molecule has 0 radical (unpaired) electrons. The monoisotopic (exact) mass is 802 g/mol. The summed E-state index contributed by atoms with van der Waals surface area (Å²) in [5.74, 6) is -0.0625. The minimum atomic E-state index is -0.838. The van der Waals surface area contributed by atoms with Crippen molar-refractivity contribution in [2.75, 3.05) is 6.61 Å². The lowest BCUT2D eigenvalue weighted by atomic mass is 10.0. The molecule has 2 atom stereocenters. The highest BCUT2D eigenvalue weighted by molar-refractivity contribution is 5.76. The molecule has 57 heavy (non-hydrogen) atoms. The minimum absolute atomic E-state index is 0.0625. The molecular formula is C53H103NO3. The molecule has 0 saturated carbocycles. The van der Waals surface area contributed by atoms with Gasteiger partial charge >= 0.3 is 0 Å². The van der Waals surface area contributed by atoms with E-state index in [-0.39, 0.29) is 12.5 Å². The van der Waals surface area contributed by atoms with Gasteiger partial charge in [0.2, 0.25) is 5.91 Å². The fraction of sp³-hybridized carbons (Fsp3) is 0.906. The van der Waals surface area contributed by atoms with Gasteiger partial charge in [-0.3, -0.25) is 4.79 Å². The van der Waals surface area contributed by atoms with E-state index < -0.39 is 12.1 Å². The second-order valence-electron chi connectivity index (χ2n) is 17.9. The molecule has 0 aromatic heterocycles. The lowest BCUT2D eigenvalue weighted by Crippen LogP contribution is -2.45. The largest absolute Gasteiger partial charge is 0.394 e. The Morgan fingerprint density at radius 2 is 0.667 bits per heavy atom. The van der Waals surface area contributed by atoms with E-state index in [1.54, 1.807) is 6.08 Å². The molecule has 0 saturated heterocycles. The van der Waals surface area contributed by atoms with Crippen molar-refractivity contribution >= 4 is 5.91 Å². The van der Waals surface area contributed by atoms with Gasteiger partial charge in [-0.15, -0.1) is 0 Å². The van der Waals surface area contributed by atoms with Crippen LogP contribution in [0.3, 0.4) is 0 Å². The number of nitrogens with one attached hydrogen (secondary N) is 1. The molecule has 0 heterocycles. The van der Waals surface area contributed by atoms with Crippen LogP contribution in [0.25, 0.3) is 0 Å². The Morgan fingerprint density at radius 1 is 0.404 bits per heavy atom. The summed E-state index contributed by atoms with van der Waals surface area (Å²) in [5, 5.41) is 23.1. The Morgan fingerprint density at radius 3 is 0.965 bits per heavy atom. The van der Waals surface area contributed by atoms with E-state index in [1.165, 1.54) is 244 Å². The van der Waals surface area contributed by atoms with Gasteiger partial charge in [0.05, 0.1) is 18.8 Å². The minimum Gasteiger partial charge on any atom is -0.394 e. The molecule has 4 heteroatoms. The standard InChI is InChI=1S/C53H103NO3/c1-3-5-7-9-11-13-15-17-19-21-23-24-25-26-27-28-29-31-32-34-36-38-40-42-44-46-48-52(56)51(50-55)54-53(57)49-47-45-43-41-39-37-35-33-30-22-20-18-16-14-12-10-8-6-4-2/h18,20,46,48,51-52,55-56H,3-17,19,21-45,47,49-50H2,1-2H3,(H,54,57)/b20-18-,48-46+. The number of allylic oxidation sites excluding steroid dienone is 3. The van der Waals surface area contributed by atoms with Crippen molar-refractivity contribution in [3.63, 3.8) is 0 Å². The van der Waals surface area contributed by atoms with Gasteiger partial charge in [0.25, 0.3) is 0 Å². The van der Waals surface area contributed by atoms with Crippen molar-refractivity contribution in [2.45, 2.75) is 302 Å². The van der Waals surface area contributed by atoms with E-state index in [9.17, 15) is 15.0 Å². The van der Waals surface area contributed by atoms with Crippen LogP contribution in [0.1, 0.15) is 290 Å². The van der Waals surface area contributed by atoms with Crippen molar-refractivity contribution < 1.29 is 15.0 Å². The first kappa shape index (κ1) is 55.9. The molecule has 1 amide bonds. The SMILES string of the molecule is CCCCCCCC/C=C\CCCCCCCCCCCC(=O)NC(CO)C(O)/C=C/CCCCCCCCCCCCCCCCCCCCCCCCCC. The summed E-state index contributed by atoms with van der Waals surface area (Å²) >= 11 is 0. The lowest BCUT2D eigenvalue weighted by Gasteiger charge is -2.20. The quantitative estimate of drug-likeness (QED) is 0.0424. The molecule has 4 nitrogen and oxygen atoms in total. The number of rotatable bonds is 48. The van der Waals surface area contributed by atoms with Crippen molar-refractivity contribution in [2.24, 2.45) is 0 Å². The molecule has 0 aromatic rings. The van der Waals surface area contributed by atoms with Crippen LogP contribution in [0.15, 0.2) is 24.3 Å². The molecule has 0 spiro atoms. The van der Waals surface area contributed by atoms with Crippen LogP contribution < -0.4 is 5.32 Å². The number of amides is 1. The average molecular weight is 802 g/mol. The highest BCUT2D eigenvalue weighted by Crippen LogP contribution is 2.17. The van der Waals surface area contributed by atoms with Crippen LogP contribution >= 0.6 is 0 Å². The third-order valence-electron chi connectivity index (χ3n) is 12.2. The second kappa shape index (κ2) is 49.2. The highest BCUT2D eigenvalue weighted by atomic mass is 16.3. The van der Waals surface area contributed by atoms with E-state index in [2.05, 4.69) is 31.3 Å². The third-order valence-corrected chi connectivity index (χ3v) is 12.2. The zero-order chi connectivity index (χ0) is 41.4. The summed E-state index contributed by atoms with van der Waals surface area (Å²) in [6.07, 6.45) is 64.6. The Labute approximate surface area is 358 Å². The van der Waals surface area contributed by atoms with E-state index in [1.807, 2.05) is 6.08 Å². The number of hydrogen-bond donors (Lipinski definition) is 3. The summed E-state index contributed by atoms with van der Waals surface area (Å²) in [5.41, 5.74) is 0. The van der Waals surface area contributed by atoms with Gasteiger partial charge in [-0.2, -0.15) is 0 Å². The Bertz CT molecular complexity index is 825. The van der Waals surface area contributed by atoms with Crippen LogP contribution in [-0.4, -0.2) is 34.9 Å². The first-order valence-electron chi connectivity index (χ1n) is 26.1. The maximum atomic E-state index is 12.4. The van der Waals surface area contributed by atoms with Crippen LogP contribution in [0.5, 0.6) is 0 Å². The normalized spacial score (nSPS) is 13.0. The van der Waals surface area contributed by atoms with E-state index in [0.29, 0.717) is 6.42 Å². The van der Waals surface area contributed by atoms with Crippen molar-refractivity contribution in [3.05, 3.63) is 24.3 Å². The van der Waals surface area contributed by atoms with Gasteiger partial charge in [-0.1, -0.05) is 263 Å². The predicted molar refractivity (Wildman–Crippen MR) is 253 cm³/mol. The summed E-state index contributed by atoms with van der Waals surface area (Å²) in [7, 11) is 0. The molecule has 338 valence electrons. The predicted octanol–water partition coefficient (Wildman–Crippen LogP) is 16.8. The maximum Gasteiger partial charge on any atom is 0.220 e. The summed E-state index contributed by atoms with van der Waals surface area (Å²) in [6.45, 7) is 4.33. The van der Waals surface area contributed by atoms with Crippen LogP contribution in [-0.2, 0) is 4.79 Å². The van der Waals surface area contributed by atoms with Crippen molar-refractivity contribution in [1.82, 2.24) is 5.32 Å². The third kappa shape index (κ3) is 45.8. The molecule has 0 aliphatic heterocycles. The zero-order valence-electron chi connectivity index (χ0n) is 38.9. The molecular weight excluding hydrogens is 699 g/mol. The van der Waals surface area contributed by atoms with Gasteiger partial charge in [-0.05, 0) is 44.9 Å². The molecule has 3 N–H and O–H groups in total. The molecule has 0 aliphatic rings. The molecule has 0 aromatic carbocycles. The zero-order valence-corrected chi connectivity index (χ0v) is 38.9. The lowest BCUT2D eigenvalue weighted by molar-refractivity contribution is -0.123. The van der Waals surface area contributed by atoms with Crippen LogP contribution in [0.2, 0.25) is 0 Å². The fourth-order valence-electron chi connectivity index (χ4n) is 8.18. The Balaban J connectivity index is 3.49. The first-order valence-corrected chi connectivity index (χ1v) is 26.1. The first-order chi connectivity index (χ1) is 28.2. The number of carbonyl (C=O) groups excluding carboxylic acids is 1. The Hall–Kier alpha value is -1.13. The summed E-state index contributed by atoms with van der Waals surface area (Å²) in [6, 6.07) is -0.622. The van der Waals surface area contributed by atoms with Crippen molar-refractivity contribution in [1.29, 1.82) is 0 Å². The highest BCUT2D eigenvalue weighted by Gasteiger charge is 2.18. The summed E-state index contributed by atoms with van der Waals surface area (Å²) in [4.78, 5) is 12.4. The number of unbranched alkanes of at least 4 members (excludes halogenated alkanes) is 39. The van der Waals surface area contributed by atoms with Gasteiger partial charge in [0.1, 0.15) is 0 Å². The van der Waals surface area contributed by atoms with Crippen LogP contribution in [0, 0.1) is 0 Å². The maximum absolute atomic E-state index is 12.4.